The van der Waals surface area contributed by atoms with Gasteiger partial charge in [-0.05, 0) is 29.3 Å². The van der Waals surface area contributed by atoms with Gasteiger partial charge in [-0.2, -0.15) is 0 Å². The molecule has 0 saturated heterocycles. The van der Waals surface area contributed by atoms with E-state index < -0.39 is 0 Å². The summed E-state index contributed by atoms with van der Waals surface area (Å²) in [5.74, 6) is 2.39. The van der Waals surface area contributed by atoms with Gasteiger partial charge in [0, 0.05) is 12.1 Å². The predicted octanol–water partition coefficient (Wildman–Crippen LogP) is 3.01. The molecule has 0 aromatic heterocycles. The molecular weight excluding hydrogens is 290 g/mol. The number of benzene rings is 2. The molecule has 0 unspecified atom stereocenters. The minimum atomic E-state index is 0. The first-order valence-electron chi connectivity index (χ1n) is 6.59. The Kier molecular flexibility index (Phi) is 4.94. The van der Waals surface area contributed by atoms with Crippen molar-refractivity contribution in [2.75, 3.05) is 20.3 Å². The van der Waals surface area contributed by atoms with Gasteiger partial charge in [0.15, 0.2) is 11.5 Å². The van der Waals surface area contributed by atoms with Crippen molar-refractivity contribution < 1.29 is 14.2 Å². The number of nitrogens with two attached hydrogens (primary N) is 1. The maximum Gasteiger partial charge on any atom is 0.161 e. The number of fused-ring (bicyclic) bond motifs is 1. The molecule has 2 aromatic rings. The number of hydrogen-bond acceptors (Lipinski definition) is 4. The Hall–Kier alpha value is -1.91. The molecular formula is C16H18ClNO3. The van der Waals surface area contributed by atoms with E-state index in [2.05, 4.69) is 0 Å². The summed E-state index contributed by atoms with van der Waals surface area (Å²) in [6.45, 7) is 1.65. The topological polar surface area (TPSA) is 53.7 Å². The molecule has 1 heterocycles. The molecule has 4 nitrogen and oxygen atoms in total. The normalized spacial score (nSPS) is 12.5. The van der Waals surface area contributed by atoms with Crippen molar-refractivity contribution in [3.63, 3.8) is 0 Å². The summed E-state index contributed by atoms with van der Waals surface area (Å²) in [4.78, 5) is 0. The van der Waals surface area contributed by atoms with Gasteiger partial charge in [-0.15, -0.1) is 12.4 Å². The fourth-order valence-corrected chi connectivity index (χ4v) is 2.32. The highest BCUT2D eigenvalue weighted by molar-refractivity contribution is 5.85. The Morgan fingerprint density at radius 1 is 1.00 bits per heavy atom. The van der Waals surface area contributed by atoms with Crippen molar-refractivity contribution >= 4 is 12.4 Å². The van der Waals surface area contributed by atoms with Crippen LogP contribution in [0.2, 0.25) is 0 Å². The van der Waals surface area contributed by atoms with Crippen molar-refractivity contribution in [3.8, 4) is 28.4 Å². The minimum Gasteiger partial charge on any atom is -0.496 e. The van der Waals surface area contributed by atoms with E-state index in [0.29, 0.717) is 19.8 Å². The molecule has 0 amide bonds. The van der Waals surface area contributed by atoms with Gasteiger partial charge in [0.2, 0.25) is 0 Å². The summed E-state index contributed by atoms with van der Waals surface area (Å²) in [7, 11) is 1.65. The SMILES string of the molecule is COc1cc(-c2ccc3c(c2)OCCO3)ccc1CN.Cl. The van der Waals surface area contributed by atoms with E-state index in [9.17, 15) is 0 Å². The molecule has 3 rings (SSSR count). The van der Waals surface area contributed by atoms with Gasteiger partial charge in [-0.25, -0.2) is 0 Å². The number of methoxy groups -OCH3 is 1. The van der Waals surface area contributed by atoms with E-state index in [1.807, 2.05) is 36.4 Å². The Morgan fingerprint density at radius 2 is 1.67 bits per heavy atom. The zero-order valence-electron chi connectivity index (χ0n) is 11.8. The molecule has 0 spiro atoms. The number of halogens is 1. The summed E-state index contributed by atoms with van der Waals surface area (Å²) in [6, 6.07) is 12.0. The van der Waals surface area contributed by atoms with Crippen LogP contribution in [0.25, 0.3) is 11.1 Å². The van der Waals surface area contributed by atoms with Gasteiger partial charge in [-0.3, -0.25) is 0 Å². The Morgan fingerprint density at radius 3 is 2.38 bits per heavy atom. The van der Waals surface area contributed by atoms with Crippen molar-refractivity contribution in [3.05, 3.63) is 42.0 Å². The van der Waals surface area contributed by atoms with Gasteiger partial charge >= 0.3 is 0 Å². The van der Waals surface area contributed by atoms with E-state index in [1.165, 1.54) is 0 Å². The van der Waals surface area contributed by atoms with Crippen molar-refractivity contribution in [1.82, 2.24) is 0 Å². The third kappa shape index (κ3) is 3.06. The van der Waals surface area contributed by atoms with Crippen LogP contribution in [0.15, 0.2) is 36.4 Å². The van der Waals surface area contributed by atoms with E-state index in [-0.39, 0.29) is 12.4 Å². The van der Waals surface area contributed by atoms with Crippen LogP contribution in [0.3, 0.4) is 0 Å². The lowest BCUT2D eigenvalue weighted by Gasteiger charge is -2.19. The van der Waals surface area contributed by atoms with Crippen LogP contribution in [0, 0.1) is 0 Å². The zero-order valence-corrected chi connectivity index (χ0v) is 12.6. The van der Waals surface area contributed by atoms with Crippen LogP contribution in [-0.2, 0) is 6.54 Å². The van der Waals surface area contributed by atoms with Crippen molar-refractivity contribution in [2.45, 2.75) is 6.54 Å². The first-order valence-corrected chi connectivity index (χ1v) is 6.59. The molecule has 0 radical (unpaired) electrons. The van der Waals surface area contributed by atoms with Crippen LogP contribution in [0.4, 0.5) is 0 Å². The lowest BCUT2D eigenvalue weighted by atomic mass is 10.0. The molecule has 0 bridgehead atoms. The van der Waals surface area contributed by atoms with Crippen LogP contribution in [-0.4, -0.2) is 20.3 Å². The number of ether oxygens (including phenoxy) is 3. The fourth-order valence-electron chi connectivity index (χ4n) is 2.32. The van der Waals surface area contributed by atoms with Crippen LogP contribution >= 0.6 is 12.4 Å². The second kappa shape index (κ2) is 6.70. The molecule has 5 heteroatoms. The fraction of sp³-hybridized carbons (Fsp3) is 0.250. The summed E-state index contributed by atoms with van der Waals surface area (Å²) in [6.07, 6.45) is 0. The highest BCUT2D eigenvalue weighted by Gasteiger charge is 2.13. The molecule has 0 fully saturated rings. The zero-order chi connectivity index (χ0) is 13.9. The molecule has 2 aromatic carbocycles. The quantitative estimate of drug-likeness (QED) is 0.947. The molecule has 1 aliphatic heterocycles. The third-order valence-electron chi connectivity index (χ3n) is 3.38. The van der Waals surface area contributed by atoms with Crippen molar-refractivity contribution in [2.24, 2.45) is 5.73 Å². The Bertz CT molecular complexity index is 593. The monoisotopic (exact) mass is 307 g/mol. The van der Waals surface area contributed by atoms with Gasteiger partial charge < -0.3 is 19.9 Å². The largest absolute Gasteiger partial charge is 0.496 e. The molecule has 112 valence electrons. The van der Waals surface area contributed by atoms with Crippen molar-refractivity contribution in [1.29, 1.82) is 0 Å². The summed E-state index contributed by atoms with van der Waals surface area (Å²) in [5, 5.41) is 0. The minimum absolute atomic E-state index is 0. The summed E-state index contributed by atoms with van der Waals surface area (Å²) >= 11 is 0. The predicted molar refractivity (Wildman–Crippen MR) is 84.6 cm³/mol. The van der Waals surface area contributed by atoms with Gasteiger partial charge in [0.1, 0.15) is 19.0 Å². The Labute approximate surface area is 130 Å². The second-order valence-corrected chi connectivity index (χ2v) is 4.59. The lowest BCUT2D eigenvalue weighted by Crippen LogP contribution is -2.15. The van der Waals surface area contributed by atoms with Crippen LogP contribution in [0.1, 0.15) is 5.56 Å². The van der Waals surface area contributed by atoms with E-state index in [4.69, 9.17) is 19.9 Å². The first-order chi connectivity index (χ1) is 9.81. The average molecular weight is 308 g/mol. The Balaban J connectivity index is 0.00000161. The number of rotatable bonds is 3. The van der Waals surface area contributed by atoms with E-state index in [0.717, 1.165) is 33.9 Å². The standard InChI is InChI=1S/C16H17NO3.ClH/c1-18-15-8-11(2-3-13(15)10-17)12-4-5-14-16(9-12)20-7-6-19-14;/h2-5,8-9H,6-7,10,17H2,1H3;1H. The van der Waals surface area contributed by atoms with E-state index >= 15 is 0 Å². The molecule has 0 aliphatic carbocycles. The first kappa shape index (κ1) is 15.5. The van der Waals surface area contributed by atoms with Crippen LogP contribution in [0.5, 0.6) is 17.2 Å². The second-order valence-electron chi connectivity index (χ2n) is 4.59. The maximum absolute atomic E-state index is 5.69. The van der Waals surface area contributed by atoms with Gasteiger partial charge in [0.25, 0.3) is 0 Å². The van der Waals surface area contributed by atoms with Crippen LogP contribution < -0.4 is 19.9 Å². The third-order valence-corrected chi connectivity index (χ3v) is 3.38. The molecule has 1 aliphatic rings. The van der Waals surface area contributed by atoms with Gasteiger partial charge in [0.05, 0.1) is 7.11 Å². The van der Waals surface area contributed by atoms with E-state index in [1.54, 1.807) is 7.11 Å². The molecule has 2 N–H and O–H groups in total. The highest BCUT2D eigenvalue weighted by Crippen LogP contribution is 2.35. The molecule has 0 atom stereocenters. The smallest absolute Gasteiger partial charge is 0.161 e. The lowest BCUT2D eigenvalue weighted by molar-refractivity contribution is 0.171. The maximum atomic E-state index is 5.69. The highest BCUT2D eigenvalue weighted by atomic mass is 35.5. The molecule has 21 heavy (non-hydrogen) atoms. The molecule has 0 saturated carbocycles. The average Bonchev–Trinajstić information content (AvgIpc) is 2.53. The summed E-state index contributed by atoms with van der Waals surface area (Å²) in [5.41, 5.74) is 8.82. The summed E-state index contributed by atoms with van der Waals surface area (Å²) < 4.78 is 16.5. The number of hydrogen-bond donors (Lipinski definition) is 1. The van der Waals surface area contributed by atoms with Gasteiger partial charge in [-0.1, -0.05) is 18.2 Å².